The SMILES string of the molecule is CCC(C)CN(CCC(C)CCCC(C)C)C(O)=S. The Kier molecular flexibility index (Phi) is 10.3. The van der Waals surface area contributed by atoms with E-state index in [-0.39, 0.29) is 5.17 Å². The van der Waals surface area contributed by atoms with E-state index >= 15 is 0 Å². The fraction of sp³-hybridized carbons (Fsp3) is 0.938. The van der Waals surface area contributed by atoms with Crippen LogP contribution in [0.25, 0.3) is 0 Å². The van der Waals surface area contributed by atoms with Gasteiger partial charge in [-0.1, -0.05) is 60.3 Å². The maximum atomic E-state index is 9.58. The second kappa shape index (κ2) is 10.5. The van der Waals surface area contributed by atoms with Crippen molar-refractivity contribution in [3.8, 4) is 0 Å². The summed E-state index contributed by atoms with van der Waals surface area (Å²) in [5.74, 6) is 2.10. The highest BCUT2D eigenvalue weighted by Gasteiger charge is 2.13. The van der Waals surface area contributed by atoms with Crippen molar-refractivity contribution in [3.05, 3.63) is 0 Å². The molecule has 0 fully saturated rings. The number of nitrogens with zero attached hydrogens (tertiary/aromatic N) is 1. The summed E-state index contributed by atoms with van der Waals surface area (Å²) < 4.78 is 0. The van der Waals surface area contributed by atoms with E-state index in [0.717, 1.165) is 31.8 Å². The van der Waals surface area contributed by atoms with Crippen LogP contribution in [0.2, 0.25) is 0 Å². The molecular weight excluding hydrogens is 254 g/mol. The Morgan fingerprint density at radius 3 is 2.16 bits per heavy atom. The first-order valence-electron chi connectivity index (χ1n) is 7.84. The van der Waals surface area contributed by atoms with E-state index < -0.39 is 0 Å². The van der Waals surface area contributed by atoms with Gasteiger partial charge in [-0.2, -0.15) is 0 Å². The summed E-state index contributed by atoms with van der Waals surface area (Å²) in [6, 6.07) is 0. The zero-order chi connectivity index (χ0) is 14.8. The van der Waals surface area contributed by atoms with Gasteiger partial charge >= 0.3 is 0 Å². The van der Waals surface area contributed by atoms with Gasteiger partial charge < -0.3 is 10.0 Å². The van der Waals surface area contributed by atoms with Gasteiger partial charge in [0.05, 0.1) is 0 Å². The van der Waals surface area contributed by atoms with E-state index in [1.54, 1.807) is 0 Å². The van der Waals surface area contributed by atoms with Gasteiger partial charge in [-0.3, -0.25) is 0 Å². The molecule has 0 spiro atoms. The first kappa shape index (κ1) is 18.7. The molecule has 2 nitrogen and oxygen atoms in total. The van der Waals surface area contributed by atoms with Crippen LogP contribution in [0, 0.1) is 17.8 Å². The van der Waals surface area contributed by atoms with Crippen LogP contribution in [0.4, 0.5) is 0 Å². The molecule has 0 rings (SSSR count). The van der Waals surface area contributed by atoms with Gasteiger partial charge in [0.1, 0.15) is 0 Å². The monoisotopic (exact) mass is 287 g/mol. The minimum atomic E-state index is 0.0645. The van der Waals surface area contributed by atoms with Gasteiger partial charge in [0, 0.05) is 13.1 Å². The largest absolute Gasteiger partial charge is 0.487 e. The van der Waals surface area contributed by atoms with Crippen LogP contribution in [-0.4, -0.2) is 28.3 Å². The lowest BCUT2D eigenvalue weighted by atomic mass is 9.97. The average Bonchev–Trinajstić information content (AvgIpc) is 2.33. The van der Waals surface area contributed by atoms with Gasteiger partial charge in [-0.15, -0.1) is 0 Å². The first-order valence-corrected chi connectivity index (χ1v) is 8.25. The highest BCUT2D eigenvalue weighted by Crippen LogP contribution is 2.16. The smallest absolute Gasteiger partial charge is 0.256 e. The van der Waals surface area contributed by atoms with Crippen molar-refractivity contribution in [1.82, 2.24) is 4.90 Å². The molecule has 0 aromatic rings. The lowest BCUT2D eigenvalue weighted by Crippen LogP contribution is -2.34. The molecule has 0 aromatic heterocycles. The number of thiocarbonyl (C=S) groups is 1. The maximum absolute atomic E-state index is 9.58. The quantitative estimate of drug-likeness (QED) is 0.570. The molecule has 0 aliphatic rings. The minimum absolute atomic E-state index is 0.0645. The topological polar surface area (TPSA) is 23.5 Å². The fourth-order valence-corrected chi connectivity index (χ4v) is 2.33. The highest BCUT2D eigenvalue weighted by atomic mass is 32.1. The standard InChI is InChI=1S/C16H33NOS/c1-6-14(4)12-17(16(18)19)11-10-15(5)9-7-8-13(2)3/h13-15H,6-12H2,1-5H3,(H,18,19). The maximum Gasteiger partial charge on any atom is 0.256 e. The average molecular weight is 288 g/mol. The van der Waals surface area contributed by atoms with Gasteiger partial charge in [0.25, 0.3) is 5.17 Å². The Labute approximate surface area is 125 Å². The highest BCUT2D eigenvalue weighted by molar-refractivity contribution is 7.79. The Hall–Kier alpha value is -0.310. The molecule has 3 heteroatoms. The van der Waals surface area contributed by atoms with E-state index in [2.05, 4.69) is 34.6 Å². The van der Waals surface area contributed by atoms with Crippen LogP contribution < -0.4 is 0 Å². The van der Waals surface area contributed by atoms with Crippen LogP contribution in [0.15, 0.2) is 0 Å². The Balaban J connectivity index is 3.93. The molecule has 114 valence electrons. The third-order valence-corrected chi connectivity index (χ3v) is 4.13. The molecule has 2 atom stereocenters. The van der Waals surface area contributed by atoms with Crippen molar-refractivity contribution < 1.29 is 5.11 Å². The summed E-state index contributed by atoms with van der Waals surface area (Å²) in [7, 11) is 0. The van der Waals surface area contributed by atoms with Crippen molar-refractivity contribution >= 4 is 17.4 Å². The molecular formula is C16H33NOS. The van der Waals surface area contributed by atoms with Gasteiger partial charge in [-0.05, 0) is 36.4 Å². The number of aliphatic hydroxyl groups is 1. The normalized spacial score (nSPS) is 14.4. The van der Waals surface area contributed by atoms with E-state index in [9.17, 15) is 5.11 Å². The number of hydrogen-bond donors (Lipinski definition) is 1. The summed E-state index contributed by atoms with van der Waals surface area (Å²) in [5.41, 5.74) is 0. The van der Waals surface area contributed by atoms with E-state index in [0.29, 0.717) is 11.8 Å². The van der Waals surface area contributed by atoms with Gasteiger partial charge in [-0.25, -0.2) is 0 Å². The summed E-state index contributed by atoms with van der Waals surface area (Å²) in [5, 5.41) is 9.64. The van der Waals surface area contributed by atoms with Crippen molar-refractivity contribution in [2.45, 2.75) is 66.7 Å². The number of aliphatic hydroxyl groups excluding tert-OH is 1. The van der Waals surface area contributed by atoms with Crippen molar-refractivity contribution in [2.24, 2.45) is 17.8 Å². The molecule has 0 amide bonds. The lowest BCUT2D eigenvalue weighted by Gasteiger charge is -2.26. The molecule has 0 aliphatic heterocycles. The van der Waals surface area contributed by atoms with E-state index in [1.165, 1.54) is 19.3 Å². The number of rotatable bonds is 10. The molecule has 0 saturated carbocycles. The molecule has 19 heavy (non-hydrogen) atoms. The predicted molar refractivity (Wildman–Crippen MR) is 88.7 cm³/mol. The van der Waals surface area contributed by atoms with E-state index in [1.807, 2.05) is 4.90 Å². The van der Waals surface area contributed by atoms with Crippen LogP contribution in [-0.2, 0) is 0 Å². The summed E-state index contributed by atoms with van der Waals surface area (Å²) >= 11 is 4.94. The second-order valence-electron chi connectivity index (χ2n) is 6.46. The van der Waals surface area contributed by atoms with Gasteiger partial charge in [0.15, 0.2) is 0 Å². The van der Waals surface area contributed by atoms with E-state index in [4.69, 9.17) is 12.2 Å². The molecule has 0 aliphatic carbocycles. The third-order valence-electron chi connectivity index (χ3n) is 3.87. The first-order chi connectivity index (χ1) is 8.86. The molecule has 0 heterocycles. The lowest BCUT2D eigenvalue weighted by molar-refractivity contribution is 0.277. The van der Waals surface area contributed by atoms with Crippen molar-refractivity contribution in [2.75, 3.05) is 13.1 Å². The Bertz CT molecular complexity index is 243. The molecule has 2 unspecified atom stereocenters. The van der Waals surface area contributed by atoms with Crippen molar-refractivity contribution in [1.29, 1.82) is 0 Å². The summed E-state index contributed by atoms with van der Waals surface area (Å²) in [6.45, 7) is 13.0. The molecule has 0 aromatic carbocycles. The van der Waals surface area contributed by atoms with Crippen LogP contribution in [0.3, 0.4) is 0 Å². The zero-order valence-electron chi connectivity index (χ0n) is 13.5. The predicted octanol–water partition coefficient (Wildman–Crippen LogP) is 5.03. The second-order valence-corrected chi connectivity index (χ2v) is 6.83. The third kappa shape index (κ3) is 10.2. The van der Waals surface area contributed by atoms with Crippen molar-refractivity contribution in [3.63, 3.8) is 0 Å². The molecule has 0 radical (unpaired) electrons. The van der Waals surface area contributed by atoms with Crippen LogP contribution in [0.5, 0.6) is 0 Å². The van der Waals surface area contributed by atoms with Gasteiger partial charge in [0.2, 0.25) is 0 Å². The molecule has 0 saturated heterocycles. The molecule has 0 bridgehead atoms. The summed E-state index contributed by atoms with van der Waals surface area (Å²) in [4.78, 5) is 1.96. The number of hydrogen-bond acceptors (Lipinski definition) is 1. The minimum Gasteiger partial charge on any atom is -0.487 e. The zero-order valence-corrected chi connectivity index (χ0v) is 14.3. The Morgan fingerprint density at radius 1 is 1.05 bits per heavy atom. The van der Waals surface area contributed by atoms with Crippen LogP contribution in [0.1, 0.15) is 66.7 Å². The molecule has 1 N–H and O–H groups in total. The Morgan fingerprint density at radius 2 is 1.68 bits per heavy atom. The van der Waals surface area contributed by atoms with Crippen LogP contribution >= 0.6 is 12.2 Å². The fourth-order valence-electron chi connectivity index (χ4n) is 2.17. The summed E-state index contributed by atoms with van der Waals surface area (Å²) in [6.07, 6.45) is 6.17.